The molecular weight excluding hydrogens is 327 g/mol. The van der Waals surface area contributed by atoms with Crippen LogP contribution in [0, 0.1) is 0 Å². The highest BCUT2D eigenvalue weighted by atomic mass is 35.5. The maximum atomic E-state index is 12.1. The van der Waals surface area contributed by atoms with Gasteiger partial charge in [0.05, 0.1) is 0 Å². The van der Waals surface area contributed by atoms with Crippen LogP contribution in [0.15, 0.2) is 35.1 Å². The first-order chi connectivity index (χ1) is 9.83. The number of rotatable bonds is 3. The van der Waals surface area contributed by atoms with Gasteiger partial charge in [0.15, 0.2) is 11.5 Å². The molecule has 3 rings (SSSR count). The van der Waals surface area contributed by atoms with Crippen molar-refractivity contribution in [2.45, 2.75) is 18.9 Å². The maximum Gasteiger partial charge on any atom is 0.273 e. The molecule has 0 atom stereocenters. The fourth-order valence-corrected chi connectivity index (χ4v) is 2.26. The molecule has 0 bridgehead atoms. The zero-order chi connectivity index (χ0) is 13.8. The molecule has 6 nitrogen and oxygen atoms in total. The Labute approximate surface area is 140 Å². The number of halogens is 2. The highest BCUT2D eigenvalue weighted by molar-refractivity contribution is 5.93. The Morgan fingerprint density at radius 2 is 1.91 bits per heavy atom. The quantitative estimate of drug-likeness (QED) is 0.890. The summed E-state index contributed by atoms with van der Waals surface area (Å²) in [5.74, 6) is 0.392. The van der Waals surface area contributed by atoms with Crippen LogP contribution in [-0.4, -0.2) is 35.2 Å². The number of hydrogen-bond donors (Lipinski definition) is 2. The lowest BCUT2D eigenvalue weighted by atomic mass is 10.1. The highest BCUT2D eigenvalue weighted by Gasteiger charge is 2.19. The standard InChI is InChI=1S/C14H16N4O2.2ClH/c19-14(17-11-3-7-16-8-4-11)12-9-13(20-18-12)10-1-5-15-6-2-10;;/h1-2,5-6,9,11,16H,3-4,7-8H2,(H,17,19);2*1H. The Hall–Kier alpha value is -1.63. The molecule has 1 aliphatic heterocycles. The van der Waals surface area contributed by atoms with Gasteiger partial charge in [-0.05, 0) is 38.1 Å². The molecular formula is C14H18Cl2N4O2. The number of amides is 1. The Morgan fingerprint density at radius 1 is 1.23 bits per heavy atom. The molecule has 1 aliphatic rings. The van der Waals surface area contributed by atoms with Crippen molar-refractivity contribution in [3.8, 4) is 11.3 Å². The largest absolute Gasteiger partial charge is 0.355 e. The zero-order valence-corrected chi connectivity index (χ0v) is 13.5. The van der Waals surface area contributed by atoms with Gasteiger partial charge < -0.3 is 15.2 Å². The lowest BCUT2D eigenvalue weighted by Crippen LogP contribution is -2.42. The van der Waals surface area contributed by atoms with Gasteiger partial charge in [0.2, 0.25) is 0 Å². The van der Waals surface area contributed by atoms with Crippen molar-refractivity contribution < 1.29 is 9.32 Å². The highest BCUT2D eigenvalue weighted by Crippen LogP contribution is 2.19. The van der Waals surface area contributed by atoms with Gasteiger partial charge >= 0.3 is 0 Å². The Balaban J connectivity index is 0.00000121. The number of carbonyl (C=O) groups is 1. The van der Waals surface area contributed by atoms with E-state index in [1.54, 1.807) is 18.5 Å². The summed E-state index contributed by atoms with van der Waals surface area (Å²) >= 11 is 0. The van der Waals surface area contributed by atoms with Crippen LogP contribution in [0.3, 0.4) is 0 Å². The first-order valence-corrected chi connectivity index (χ1v) is 6.71. The summed E-state index contributed by atoms with van der Waals surface area (Å²) in [6, 6.07) is 5.50. The number of hydrogen-bond acceptors (Lipinski definition) is 5. The fourth-order valence-electron chi connectivity index (χ4n) is 2.26. The van der Waals surface area contributed by atoms with Crippen LogP contribution in [-0.2, 0) is 0 Å². The van der Waals surface area contributed by atoms with Gasteiger partial charge in [0.1, 0.15) is 0 Å². The molecule has 2 N–H and O–H groups in total. The van der Waals surface area contributed by atoms with Crippen molar-refractivity contribution in [3.63, 3.8) is 0 Å². The summed E-state index contributed by atoms with van der Waals surface area (Å²) in [5.41, 5.74) is 1.17. The third-order valence-corrected chi connectivity index (χ3v) is 3.38. The number of piperidine rings is 1. The molecule has 3 heterocycles. The lowest BCUT2D eigenvalue weighted by molar-refractivity contribution is 0.0920. The van der Waals surface area contributed by atoms with Gasteiger partial charge in [0, 0.05) is 30.1 Å². The second-order valence-corrected chi connectivity index (χ2v) is 4.81. The lowest BCUT2D eigenvalue weighted by Gasteiger charge is -2.23. The van der Waals surface area contributed by atoms with Gasteiger partial charge in [0.25, 0.3) is 5.91 Å². The zero-order valence-electron chi connectivity index (χ0n) is 11.8. The van der Waals surface area contributed by atoms with E-state index in [9.17, 15) is 4.79 Å². The molecule has 0 radical (unpaired) electrons. The average Bonchev–Trinajstić information content (AvgIpc) is 2.99. The smallest absolute Gasteiger partial charge is 0.273 e. The van der Waals surface area contributed by atoms with Crippen molar-refractivity contribution in [3.05, 3.63) is 36.3 Å². The second kappa shape index (κ2) is 8.73. The van der Waals surface area contributed by atoms with Gasteiger partial charge in [-0.3, -0.25) is 9.78 Å². The molecule has 8 heteroatoms. The molecule has 0 aliphatic carbocycles. The van der Waals surface area contributed by atoms with E-state index >= 15 is 0 Å². The van der Waals surface area contributed by atoms with E-state index in [0.717, 1.165) is 31.5 Å². The molecule has 0 unspecified atom stereocenters. The van der Waals surface area contributed by atoms with E-state index in [-0.39, 0.29) is 36.8 Å². The molecule has 2 aromatic rings. The number of nitrogens with one attached hydrogen (secondary N) is 2. The number of nitrogens with zero attached hydrogens (tertiary/aromatic N) is 2. The molecule has 2 aromatic heterocycles. The molecule has 1 amide bonds. The number of carbonyl (C=O) groups excluding carboxylic acids is 1. The third-order valence-electron chi connectivity index (χ3n) is 3.38. The fraction of sp³-hybridized carbons (Fsp3) is 0.357. The van der Waals surface area contributed by atoms with Crippen LogP contribution in [0.2, 0.25) is 0 Å². The molecule has 1 saturated heterocycles. The van der Waals surface area contributed by atoms with E-state index in [1.807, 2.05) is 12.1 Å². The van der Waals surface area contributed by atoms with Crippen LogP contribution in [0.25, 0.3) is 11.3 Å². The third kappa shape index (κ3) is 4.43. The van der Waals surface area contributed by atoms with Crippen molar-refractivity contribution >= 4 is 30.7 Å². The minimum Gasteiger partial charge on any atom is -0.355 e. The molecule has 0 spiro atoms. The summed E-state index contributed by atoms with van der Waals surface area (Å²) in [6.45, 7) is 1.87. The molecule has 1 fully saturated rings. The normalized spacial score (nSPS) is 14.5. The van der Waals surface area contributed by atoms with Crippen molar-refractivity contribution in [1.29, 1.82) is 0 Å². The van der Waals surface area contributed by atoms with E-state index in [1.165, 1.54) is 0 Å². The summed E-state index contributed by atoms with van der Waals surface area (Å²) in [4.78, 5) is 16.0. The van der Waals surface area contributed by atoms with Crippen molar-refractivity contribution in [2.24, 2.45) is 0 Å². The minimum absolute atomic E-state index is 0. The van der Waals surface area contributed by atoms with Gasteiger partial charge in [-0.2, -0.15) is 0 Å². The minimum atomic E-state index is -0.180. The molecule has 22 heavy (non-hydrogen) atoms. The van der Waals surface area contributed by atoms with E-state index in [0.29, 0.717) is 11.5 Å². The molecule has 0 saturated carbocycles. The number of aromatic nitrogens is 2. The topological polar surface area (TPSA) is 80.0 Å². The van der Waals surface area contributed by atoms with Crippen LogP contribution < -0.4 is 10.6 Å². The van der Waals surface area contributed by atoms with Crippen LogP contribution >= 0.6 is 24.8 Å². The maximum absolute atomic E-state index is 12.1. The van der Waals surface area contributed by atoms with E-state index < -0.39 is 0 Å². The Bertz CT molecular complexity index is 586. The first-order valence-electron chi connectivity index (χ1n) is 6.71. The summed E-state index contributed by atoms with van der Waals surface area (Å²) in [7, 11) is 0. The summed E-state index contributed by atoms with van der Waals surface area (Å²) in [5, 5.41) is 10.1. The SMILES string of the molecule is Cl.Cl.O=C(NC1CCNCC1)c1cc(-c2ccncc2)on1. The second-order valence-electron chi connectivity index (χ2n) is 4.81. The van der Waals surface area contributed by atoms with Crippen LogP contribution in [0.5, 0.6) is 0 Å². The van der Waals surface area contributed by atoms with Crippen molar-refractivity contribution in [1.82, 2.24) is 20.8 Å². The Kier molecular flexibility index (Phi) is 7.31. The first kappa shape index (κ1) is 18.4. The monoisotopic (exact) mass is 344 g/mol. The summed E-state index contributed by atoms with van der Waals surface area (Å²) in [6.07, 6.45) is 5.24. The van der Waals surface area contributed by atoms with Crippen LogP contribution in [0.4, 0.5) is 0 Å². The number of pyridine rings is 1. The predicted octanol–water partition coefficient (Wildman–Crippen LogP) is 2.06. The van der Waals surface area contributed by atoms with Gasteiger partial charge in [-0.25, -0.2) is 0 Å². The predicted molar refractivity (Wildman–Crippen MR) is 87.6 cm³/mol. The summed E-state index contributed by atoms with van der Waals surface area (Å²) < 4.78 is 5.21. The van der Waals surface area contributed by atoms with Gasteiger partial charge in [-0.1, -0.05) is 5.16 Å². The van der Waals surface area contributed by atoms with E-state index in [2.05, 4.69) is 20.8 Å². The Morgan fingerprint density at radius 3 is 2.59 bits per heavy atom. The van der Waals surface area contributed by atoms with Crippen molar-refractivity contribution in [2.75, 3.05) is 13.1 Å². The van der Waals surface area contributed by atoms with Crippen LogP contribution in [0.1, 0.15) is 23.3 Å². The van der Waals surface area contributed by atoms with E-state index in [4.69, 9.17) is 4.52 Å². The van der Waals surface area contributed by atoms with Gasteiger partial charge in [-0.15, -0.1) is 24.8 Å². The average molecular weight is 345 g/mol. The molecule has 120 valence electrons. The molecule has 0 aromatic carbocycles.